The van der Waals surface area contributed by atoms with Crippen molar-refractivity contribution in [2.45, 2.75) is 57.9 Å². The molecule has 2 heterocycles. The molecule has 0 aromatic heterocycles. The van der Waals surface area contributed by atoms with Gasteiger partial charge in [-0.2, -0.15) is 0 Å². The van der Waals surface area contributed by atoms with Crippen LogP contribution in [-0.2, 0) is 11.2 Å². The van der Waals surface area contributed by atoms with E-state index in [0.717, 1.165) is 32.1 Å². The van der Waals surface area contributed by atoms with E-state index in [4.69, 9.17) is 0 Å². The highest BCUT2D eigenvalue weighted by Gasteiger charge is 2.29. The zero-order valence-electron chi connectivity index (χ0n) is 15.1. The summed E-state index contributed by atoms with van der Waals surface area (Å²) in [5, 5.41) is 0. The lowest BCUT2D eigenvalue weighted by atomic mass is 9.89. The van der Waals surface area contributed by atoms with Crippen molar-refractivity contribution in [3.63, 3.8) is 0 Å². The van der Waals surface area contributed by atoms with Gasteiger partial charge < -0.3 is 4.90 Å². The van der Waals surface area contributed by atoms with Crippen LogP contribution in [0.2, 0.25) is 0 Å². The maximum Gasteiger partial charge on any atom is 0.239 e. The minimum atomic E-state index is 0.0563. The highest BCUT2D eigenvalue weighted by Crippen LogP contribution is 2.23. The molecule has 2 aliphatic heterocycles. The van der Waals surface area contributed by atoms with Crippen LogP contribution < -0.4 is 0 Å². The number of likely N-dealkylation sites (tertiary alicyclic amines) is 2. The van der Waals surface area contributed by atoms with E-state index in [-0.39, 0.29) is 6.04 Å². The van der Waals surface area contributed by atoms with Crippen LogP contribution in [-0.4, -0.2) is 47.9 Å². The largest absolute Gasteiger partial charge is 0.341 e. The van der Waals surface area contributed by atoms with E-state index in [1.54, 1.807) is 0 Å². The minimum absolute atomic E-state index is 0.0563. The summed E-state index contributed by atoms with van der Waals surface area (Å²) < 4.78 is 0. The molecule has 1 aromatic rings. The number of amides is 1. The first-order chi connectivity index (χ1) is 11.7. The van der Waals surface area contributed by atoms with Gasteiger partial charge in [-0.15, -0.1) is 0 Å². The van der Waals surface area contributed by atoms with Gasteiger partial charge >= 0.3 is 0 Å². The molecular weight excluding hydrogens is 296 g/mol. The lowest BCUT2D eigenvalue weighted by Gasteiger charge is -2.37. The topological polar surface area (TPSA) is 23.6 Å². The number of carbonyl (C=O) groups excluding carboxylic acids is 1. The molecule has 1 atom stereocenters. The standard InChI is InChI=1S/C21H32N2O/c1-18(21(24)23-13-7-2-3-8-14-23)22-15-11-20(12-16-22)17-19-9-5-4-6-10-19/h4-6,9-10,18,20H,2-3,7-8,11-17H2,1H3. The van der Waals surface area contributed by atoms with E-state index in [9.17, 15) is 4.79 Å². The lowest BCUT2D eigenvalue weighted by molar-refractivity contribution is -0.137. The number of hydrogen-bond donors (Lipinski definition) is 0. The van der Waals surface area contributed by atoms with E-state index in [0.29, 0.717) is 5.91 Å². The molecule has 0 N–H and O–H groups in total. The van der Waals surface area contributed by atoms with Crippen LogP contribution in [0.1, 0.15) is 51.0 Å². The molecule has 2 saturated heterocycles. The van der Waals surface area contributed by atoms with Crippen LogP contribution in [0.5, 0.6) is 0 Å². The molecule has 3 rings (SSSR count). The third kappa shape index (κ3) is 4.60. The Kier molecular flexibility index (Phi) is 6.30. The summed E-state index contributed by atoms with van der Waals surface area (Å²) in [7, 11) is 0. The third-order valence-electron chi connectivity index (χ3n) is 5.84. The number of hydrogen-bond acceptors (Lipinski definition) is 2. The first kappa shape index (κ1) is 17.5. The van der Waals surface area contributed by atoms with Crippen molar-refractivity contribution < 1.29 is 4.79 Å². The summed E-state index contributed by atoms with van der Waals surface area (Å²) in [6.07, 6.45) is 8.53. The van der Waals surface area contributed by atoms with Gasteiger partial charge in [-0.1, -0.05) is 43.2 Å². The molecule has 24 heavy (non-hydrogen) atoms. The summed E-state index contributed by atoms with van der Waals surface area (Å²) >= 11 is 0. The van der Waals surface area contributed by atoms with Crippen LogP contribution in [0.25, 0.3) is 0 Å². The predicted molar refractivity (Wildman–Crippen MR) is 99.0 cm³/mol. The Hall–Kier alpha value is -1.35. The number of carbonyl (C=O) groups is 1. The Labute approximate surface area is 147 Å². The fourth-order valence-electron chi connectivity index (χ4n) is 4.20. The lowest BCUT2D eigenvalue weighted by Crippen LogP contribution is -2.50. The molecular formula is C21H32N2O. The maximum absolute atomic E-state index is 12.8. The first-order valence-corrected chi connectivity index (χ1v) is 9.81. The van der Waals surface area contributed by atoms with Crippen molar-refractivity contribution in [2.75, 3.05) is 26.2 Å². The van der Waals surface area contributed by atoms with Crippen molar-refractivity contribution in [2.24, 2.45) is 5.92 Å². The Bertz CT molecular complexity index is 500. The monoisotopic (exact) mass is 328 g/mol. The number of nitrogens with zero attached hydrogens (tertiary/aromatic N) is 2. The van der Waals surface area contributed by atoms with Crippen molar-refractivity contribution in [3.05, 3.63) is 35.9 Å². The second-order valence-corrected chi connectivity index (χ2v) is 7.58. The summed E-state index contributed by atoms with van der Waals surface area (Å²) in [6.45, 7) is 6.18. The molecule has 0 aliphatic carbocycles. The molecule has 1 aromatic carbocycles. The van der Waals surface area contributed by atoms with Gasteiger partial charge in [0.1, 0.15) is 0 Å². The van der Waals surface area contributed by atoms with Gasteiger partial charge in [-0.25, -0.2) is 0 Å². The van der Waals surface area contributed by atoms with Gasteiger partial charge in [0, 0.05) is 13.1 Å². The molecule has 2 aliphatic rings. The third-order valence-corrected chi connectivity index (χ3v) is 5.84. The quantitative estimate of drug-likeness (QED) is 0.841. The molecule has 1 amide bonds. The van der Waals surface area contributed by atoms with Crippen LogP contribution in [0.3, 0.4) is 0 Å². The molecule has 0 saturated carbocycles. The van der Waals surface area contributed by atoms with Crippen molar-refractivity contribution in [3.8, 4) is 0 Å². The number of benzene rings is 1. The zero-order valence-corrected chi connectivity index (χ0v) is 15.1. The number of piperidine rings is 1. The minimum Gasteiger partial charge on any atom is -0.341 e. The van der Waals surface area contributed by atoms with Crippen LogP contribution in [0, 0.1) is 5.92 Å². The second-order valence-electron chi connectivity index (χ2n) is 7.58. The fourth-order valence-corrected chi connectivity index (χ4v) is 4.20. The highest BCUT2D eigenvalue weighted by molar-refractivity contribution is 5.81. The Balaban J connectivity index is 1.47. The Morgan fingerprint density at radius 3 is 2.25 bits per heavy atom. The summed E-state index contributed by atoms with van der Waals surface area (Å²) in [5.41, 5.74) is 1.45. The molecule has 0 bridgehead atoms. The fraction of sp³-hybridized carbons (Fsp3) is 0.667. The van der Waals surface area contributed by atoms with Gasteiger partial charge in [-0.3, -0.25) is 9.69 Å². The molecule has 3 heteroatoms. The second kappa shape index (κ2) is 8.66. The Morgan fingerprint density at radius 1 is 1.00 bits per heavy atom. The molecule has 3 nitrogen and oxygen atoms in total. The zero-order chi connectivity index (χ0) is 16.8. The van der Waals surface area contributed by atoms with Gasteiger partial charge in [-0.05, 0) is 63.6 Å². The molecule has 0 spiro atoms. The highest BCUT2D eigenvalue weighted by atomic mass is 16.2. The first-order valence-electron chi connectivity index (χ1n) is 9.81. The van der Waals surface area contributed by atoms with Crippen LogP contribution in [0.15, 0.2) is 30.3 Å². The van der Waals surface area contributed by atoms with E-state index < -0.39 is 0 Å². The predicted octanol–water partition coefficient (Wildman–Crippen LogP) is 3.73. The van der Waals surface area contributed by atoms with Crippen molar-refractivity contribution in [1.29, 1.82) is 0 Å². The van der Waals surface area contributed by atoms with Gasteiger partial charge in [0.25, 0.3) is 0 Å². The molecule has 2 fully saturated rings. The summed E-state index contributed by atoms with van der Waals surface area (Å²) in [6, 6.07) is 10.9. The van der Waals surface area contributed by atoms with Gasteiger partial charge in [0.15, 0.2) is 0 Å². The summed E-state index contributed by atoms with van der Waals surface area (Å²) in [4.78, 5) is 17.3. The van der Waals surface area contributed by atoms with E-state index in [1.807, 2.05) is 0 Å². The van der Waals surface area contributed by atoms with Crippen molar-refractivity contribution >= 4 is 5.91 Å². The number of rotatable bonds is 4. The Morgan fingerprint density at radius 2 is 1.62 bits per heavy atom. The van der Waals surface area contributed by atoms with Gasteiger partial charge in [0.2, 0.25) is 5.91 Å². The van der Waals surface area contributed by atoms with Gasteiger partial charge in [0.05, 0.1) is 6.04 Å². The molecule has 1 unspecified atom stereocenters. The van der Waals surface area contributed by atoms with E-state index in [2.05, 4.69) is 47.1 Å². The maximum atomic E-state index is 12.8. The average Bonchev–Trinajstić information content (AvgIpc) is 2.91. The molecule has 0 radical (unpaired) electrons. The average molecular weight is 329 g/mol. The SMILES string of the molecule is CC(C(=O)N1CCCCCC1)N1CCC(Cc2ccccc2)CC1. The smallest absolute Gasteiger partial charge is 0.239 e. The summed E-state index contributed by atoms with van der Waals surface area (Å²) in [5.74, 6) is 1.13. The van der Waals surface area contributed by atoms with E-state index in [1.165, 1.54) is 50.5 Å². The van der Waals surface area contributed by atoms with Crippen LogP contribution in [0.4, 0.5) is 0 Å². The molecule has 132 valence electrons. The van der Waals surface area contributed by atoms with Crippen LogP contribution >= 0.6 is 0 Å². The van der Waals surface area contributed by atoms with E-state index >= 15 is 0 Å². The van der Waals surface area contributed by atoms with Crippen molar-refractivity contribution in [1.82, 2.24) is 9.80 Å². The normalized spacial score (nSPS) is 22.1.